The summed E-state index contributed by atoms with van der Waals surface area (Å²) in [5, 5.41) is 31.1. The number of esters is 2. The Kier molecular flexibility index (Phi) is 26.8. The van der Waals surface area contributed by atoms with E-state index < -0.39 is 53.6 Å². The molecular weight excluding hydrogens is 1490 g/mol. The number of anilines is 8. The van der Waals surface area contributed by atoms with Crippen LogP contribution in [0.2, 0.25) is 0 Å². The number of nitrogens with one attached hydrogen (secondary N) is 4. The molecule has 116 heavy (non-hydrogen) atoms. The summed E-state index contributed by atoms with van der Waals surface area (Å²) in [6, 6.07) is 76.9. The van der Waals surface area contributed by atoms with Gasteiger partial charge < -0.3 is 41.0 Å². The number of rotatable bonds is 24. The van der Waals surface area contributed by atoms with Crippen LogP contribution in [0.25, 0.3) is 0 Å². The highest BCUT2D eigenvalue weighted by Gasteiger charge is 2.36. The SMILES string of the molecule is Cc1cccc(Nc2ccccc2C(=O)CC2OC(=O)c3ccccc32)c1C.Cc1cccc(Nc2ccccc2C(=O)CCc2ccccc2C(=O)O)c1C.O=C(CC1OC(=O)c2ccccc21)c1ccccc1Nc1cccc(C(F)(F)F)c1.O=C(O)c1ccccc1CCC(=O)c1ccccc1Nc1cccc(C(F)(F)F)c1. The molecule has 2 heterocycles. The van der Waals surface area contributed by atoms with Crippen LogP contribution in [0.15, 0.2) is 279 Å². The first kappa shape index (κ1) is 82.9. The predicted molar refractivity (Wildman–Crippen MR) is 433 cm³/mol. The number of benzene rings is 12. The van der Waals surface area contributed by atoms with Crippen molar-refractivity contribution in [3.63, 3.8) is 0 Å². The predicted octanol–water partition coefficient (Wildman–Crippen LogP) is 23.0. The molecule has 2 atom stereocenters. The van der Waals surface area contributed by atoms with Gasteiger partial charge >= 0.3 is 36.2 Å². The summed E-state index contributed by atoms with van der Waals surface area (Å²) in [4.78, 5) is 98.3. The minimum absolute atomic E-state index is 0.0198. The summed E-state index contributed by atoms with van der Waals surface area (Å²) < 4.78 is 88.5. The number of aryl methyl sites for hydroxylation is 4. The highest BCUT2D eigenvalue weighted by molar-refractivity contribution is 6.06. The van der Waals surface area contributed by atoms with Gasteiger partial charge in [-0.2, -0.15) is 26.3 Å². The molecule has 16 nitrogen and oxygen atoms in total. The molecular formula is C94H78F6N4O12. The number of carbonyl (C=O) groups excluding carboxylic acids is 6. The van der Waals surface area contributed by atoms with Gasteiger partial charge in [-0.05, 0) is 195 Å². The molecule has 14 rings (SSSR count). The molecule has 0 fully saturated rings. The molecule has 2 aliphatic heterocycles. The second-order valence-corrected chi connectivity index (χ2v) is 27.3. The van der Waals surface area contributed by atoms with Gasteiger partial charge in [-0.3, -0.25) is 19.2 Å². The number of carboxylic acids is 2. The highest BCUT2D eigenvalue weighted by atomic mass is 19.4. The molecule has 0 bridgehead atoms. The monoisotopic (exact) mass is 1570 g/mol. The lowest BCUT2D eigenvalue weighted by atomic mass is 9.97. The molecule has 588 valence electrons. The van der Waals surface area contributed by atoms with E-state index in [4.69, 9.17) is 9.47 Å². The molecule has 0 radical (unpaired) electrons. The Morgan fingerprint density at radius 1 is 0.336 bits per heavy atom. The molecule has 12 aromatic carbocycles. The quantitative estimate of drug-likeness (QED) is 0.0187. The summed E-state index contributed by atoms with van der Waals surface area (Å²) in [5.41, 5.74) is 13.5. The van der Waals surface area contributed by atoms with Crippen LogP contribution in [0.3, 0.4) is 0 Å². The van der Waals surface area contributed by atoms with E-state index in [1.54, 1.807) is 140 Å². The van der Waals surface area contributed by atoms with Crippen LogP contribution >= 0.6 is 0 Å². The third-order valence-corrected chi connectivity index (χ3v) is 19.6. The molecule has 22 heteroatoms. The van der Waals surface area contributed by atoms with Crippen LogP contribution in [0.1, 0.15) is 176 Å². The van der Waals surface area contributed by atoms with E-state index in [9.17, 15) is 74.9 Å². The van der Waals surface area contributed by atoms with Gasteiger partial charge in [0.25, 0.3) is 0 Å². The third kappa shape index (κ3) is 21.0. The second-order valence-electron chi connectivity index (χ2n) is 27.3. The molecule has 0 saturated carbocycles. The minimum Gasteiger partial charge on any atom is -0.478 e. The largest absolute Gasteiger partial charge is 0.478 e. The van der Waals surface area contributed by atoms with Crippen LogP contribution in [0.4, 0.5) is 71.8 Å². The van der Waals surface area contributed by atoms with Crippen LogP contribution in [0.5, 0.6) is 0 Å². The smallest absolute Gasteiger partial charge is 0.416 e. The van der Waals surface area contributed by atoms with Crippen LogP contribution in [-0.2, 0) is 34.7 Å². The van der Waals surface area contributed by atoms with E-state index in [1.165, 1.54) is 41.5 Å². The highest BCUT2D eigenvalue weighted by Crippen LogP contribution is 2.39. The van der Waals surface area contributed by atoms with Gasteiger partial charge in [-0.15, -0.1) is 0 Å². The van der Waals surface area contributed by atoms with Gasteiger partial charge in [0.1, 0.15) is 12.2 Å². The van der Waals surface area contributed by atoms with Gasteiger partial charge in [0.05, 0.1) is 46.2 Å². The Morgan fingerprint density at radius 3 is 0.983 bits per heavy atom. The van der Waals surface area contributed by atoms with E-state index in [-0.39, 0.29) is 83.7 Å². The summed E-state index contributed by atoms with van der Waals surface area (Å²) in [6.07, 6.45) is -9.18. The summed E-state index contributed by atoms with van der Waals surface area (Å²) >= 11 is 0. The maximum absolute atomic E-state index is 13.0. The maximum atomic E-state index is 13.0. The average Bonchev–Trinajstić information content (AvgIpc) is 1.62. The molecule has 0 spiro atoms. The summed E-state index contributed by atoms with van der Waals surface area (Å²) in [7, 11) is 0. The van der Waals surface area contributed by atoms with E-state index >= 15 is 0 Å². The zero-order valence-electron chi connectivity index (χ0n) is 63.2. The lowest BCUT2D eigenvalue weighted by molar-refractivity contribution is -0.138. The first-order chi connectivity index (χ1) is 55.6. The normalized spacial score (nSPS) is 13.1. The first-order valence-electron chi connectivity index (χ1n) is 36.9. The van der Waals surface area contributed by atoms with Gasteiger partial charge in [-0.25, -0.2) is 19.2 Å². The fourth-order valence-electron chi connectivity index (χ4n) is 13.2. The topological polar surface area (TPSA) is 244 Å². The third-order valence-electron chi connectivity index (χ3n) is 19.6. The number of ether oxygens (including phenoxy) is 2. The number of fused-ring (bicyclic) bond motifs is 2. The fourth-order valence-corrected chi connectivity index (χ4v) is 13.2. The minimum atomic E-state index is -4.47. The van der Waals surface area contributed by atoms with Crippen molar-refractivity contribution in [3.8, 4) is 0 Å². The lowest BCUT2D eigenvalue weighted by Gasteiger charge is -2.16. The molecule has 2 unspecified atom stereocenters. The van der Waals surface area contributed by atoms with Crippen molar-refractivity contribution in [3.05, 3.63) is 379 Å². The van der Waals surface area contributed by atoms with E-state index in [0.717, 1.165) is 63.7 Å². The van der Waals surface area contributed by atoms with Crippen molar-refractivity contribution in [1.82, 2.24) is 0 Å². The number of para-hydroxylation sites is 4. The van der Waals surface area contributed by atoms with Crippen LogP contribution in [0, 0.1) is 27.7 Å². The van der Waals surface area contributed by atoms with E-state index in [1.807, 2.05) is 79.7 Å². The van der Waals surface area contributed by atoms with E-state index in [2.05, 4.69) is 54.2 Å². The molecule has 0 saturated heterocycles. The lowest BCUT2D eigenvalue weighted by Crippen LogP contribution is -2.10. The fraction of sp³-hybridized carbons (Fsp3) is 0.149. The molecule has 2 aliphatic rings. The zero-order valence-corrected chi connectivity index (χ0v) is 63.2. The van der Waals surface area contributed by atoms with Crippen molar-refractivity contribution in [2.45, 2.75) is 90.8 Å². The number of carboxylic acid groups (broad SMARTS) is 2. The summed E-state index contributed by atoms with van der Waals surface area (Å²) in [6.45, 7) is 8.21. The Balaban J connectivity index is 0.000000152. The number of aromatic carboxylic acids is 2. The van der Waals surface area contributed by atoms with Gasteiger partial charge in [0.2, 0.25) is 0 Å². The Labute approximate surface area is 664 Å². The molecule has 12 aromatic rings. The Morgan fingerprint density at radius 2 is 0.629 bits per heavy atom. The summed E-state index contributed by atoms with van der Waals surface area (Å²) in [5.74, 6) is -3.50. The number of cyclic esters (lactones) is 2. The zero-order chi connectivity index (χ0) is 82.8. The number of hydrogen-bond acceptors (Lipinski definition) is 14. The number of carbonyl (C=O) groups is 8. The number of hydrogen-bond donors (Lipinski definition) is 6. The molecule has 0 aromatic heterocycles. The van der Waals surface area contributed by atoms with Crippen molar-refractivity contribution < 1.29 is 84.4 Å². The Bertz CT molecular complexity index is 5670. The van der Waals surface area contributed by atoms with Crippen LogP contribution in [-0.4, -0.2) is 57.2 Å². The van der Waals surface area contributed by atoms with Crippen molar-refractivity contribution >= 4 is 92.5 Å². The van der Waals surface area contributed by atoms with Crippen molar-refractivity contribution in [1.29, 1.82) is 0 Å². The van der Waals surface area contributed by atoms with E-state index in [0.29, 0.717) is 67.9 Å². The van der Waals surface area contributed by atoms with Gasteiger partial charge in [0.15, 0.2) is 23.1 Å². The van der Waals surface area contributed by atoms with Crippen molar-refractivity contribution in [2.75, 3.05) is 21.3 Å². The first-order valence-corrected chi connectivity index (χ1v) is 36.9. The second kappa shape index (κ2) is 37.5. The van der Waals surface area contributed by atoms with Gasteiger partial charge in [-0.1, -0.05) is 158 Å². The van der Waals surface area contributed by atoms with Crippen LogP contribution < -0.4 is 21.3 Å². The standard InChI is InChI=1S/C24H21NO3.C24H23NO3.C23H16F3NO3.C23H18F3NO3/c1-15-8-7-13-20(16(15)2)25-21-12-6-5-11-19(21)22(26)14-23-17-9-3-4-10-18(17)24(27)28-23;1-16-8-7-13-21(17(16)2)25-22-12-6-5-11-20(22)23(26)15-14-18-9-3-4-10-19(18)24(27)28;24-23(25,26)14-6-5-7-15(12-14)27-19-11-4-3-10-18(19)20(28)13-21-16-8-1-2-9-17(16)22(29)30-21;24-23(25,26)16-7-5-8-17(14-16)27-20-11-4-3-10-19(20)21(28)13-12-15-6-1-2-9-18(15)22(29)30/h3-13,23,25H,14H2,1-2H3;3-13,25H,14-15H2,1-2H3,(H,27,28);1-12,21,27H,13H2;1-11,14,27H,12-13H2,(H,29,30). The number of ketones is 4. The number of halogens is 6. The molecule has 6 N–H and O–H groups in total. The molecule has 0 aliphatic carbocycles. The number of alkyl halides is 6. The Hall–Kier alpha value is -14.0. The average molecular weight is 1570 g/mol. The molecule has 0 amide bonds. The maximum Gasteiger partial charge on any atom is 0.416 e. The number of Topliss-reactive ketones (excluding diaryl/α,β-unsaturated/α-hetero) is 4. The van der Waals surface area contributed by atoms with Crippen molar-refractivity contribution in [2.24, 2.45) is 0 Å². The van der Waals surface area contributed by atoms with Gasteiger partial charge in [0, 0.05) is 91.7 Å².